The van der Waals surface area contributed by atoms with Crippen molar-refractivity contribution in [2.75, 3.05) is 11.9 Å². The molecule has 0 saturated carbocycles. The first kappa shape index (κ1) is 18.0. The molecule has 0 saturated heterocycles. The monoisotopic (exact) mass is 372 g/mol. The number of anilines is 1. The molecule has 26 heavy (non-hydrogen) atoms. The number of rotatable bonds is 7. The summed E-state index contributed by atoms with van der Waals surface area (Å²) in [7, 11) is 1.87. The Morgan fingerprint density at radius 2 is 2.19 bits per heavy atom. The number of hydrogen-bond donors (Lipinski definition) is 1. The highest BCUT2D eigenvalue weighted by molar-refractivity contribution is 7.09. The van der Waals surface area contributed by atoms with E-state index in [9.17, 15) is 4.79 Å². The summed E-state index contributed by atoms with van der Waals surface area (Å²) < 4.78 is 5.36. The van der Waals surface area contributed by atoms with E-state index >= 15 is 0 Å². The molecule has 0 unspecified atom stereocenters. The summed E-state index contributed by atoms with van der Waals surface area (Å²) >= 11 is 1.55. The van der Waals surface area contributed by atoms with Gasteiger partial charge in [-0.15, -0.1) is 21.5 Å². The van der Waals surface area contributed by atoms with Gasteiger partial charge in [-0.3, -0.25) is 4.79 Å². The van der Waals surface area contributed by atoms with Gasteiger partial charge in [0.05, 0.1) is 24.3 Å². The quantitative estimate of drug-likeness (QED) is 0.680. The third-order valence-corrected chi connectivity index (χ3v) is 4.60. The first-order valence-corrected chi connectivity index (χ1v) is 9.10. The third kappa shape index (κ3) is 4.42. The Bertz CT molecular complexity index is 874. The Morgan fingerprint density at radius 1 is 1.35 bits per heavy atom. The highest BCUT2D eigenvalue weighted by Crippen LogP contribution is 2.13. The van der Waals surface area contributed by atoms with Crippen LogP contribution in [-0.4, -0.2) is 33.1 Å². The average Bonchev–Trinajstić information content (AvgIpc) is 3.28. The van der Waals surface area contributed by atoms with Crippen LogP contribution in [0.4, 0.5) is 5.82 Å². The minimum atomic E-state index is -0.174. The number of nitrogens with one attached hydrogen (secondary N) is 1. The van der Waals surface area contributed by atoms with Gasteiger partial charge in [-0.2, -0.15) is 0 Å². The number of amides is 1. The molecule has 0 spiro atoms. The molecule has 3 heterocycles. The number of aryl methyl sites for hydroxylation is 2. The fraction of sp³-hybridized carbons (Fsp3) is 0.353. The minimum absolute atomic E-state index is 0.174. The van der Waals surface area contributed by atoms with Crippen molar-refractivity contribution >= 4 is 23.1 Å². The summed E-state index contributed by atoms with van der Waals surface area (Å²) in [6.45, 7) is 4.67. The van der Waals surface area contributed by atoms with E-state index in [1.807, 2.05) is 17.3 Å². The van der Waals surface area contributed by atoms with Crippen molar-refractivity contribution < 1.29 is 9.21 Å². The number of aromatic nitrogens is 4. The molecule has 3 rings (SSSR count). The highest BCUT2D eigenvalue weighted by atomic mass is 32.1. The Kier molecular flexibility index (Phi) is 5.57. The van der Waals surface area contributed by atoms with Crippen molar-refractivity contribution in [3.05, 3.63) is 51.8 Å². The van der Waals surface area contributed by atoms with E-state index in [-0.39, 0.29) is 5.91 Å². The molecule has 1 amide bonds. The number of hydrogen-bond acceptors (Lipinski definition) is 8. The molecule has 0 fully saturated rings. The predicted molar refractivity (Wildman–Crippen MR) is 98.0 cm³/mol. The number of carbonyl (C=O) groups excluding carboxylic acids is 1. The number of pyridine rings is 1. The van der Waals surface area contributed by atoms with Gasteiger partial charge in [0, 0.05) is 25.5 Å². The van der Waals surface area contributed by atoms with E-state index in [1.165, 1.54) is 0 Å². The topological polar surface area (TPSA) is 97.0 Å². The molecule has 0 aromatic carbocycles. The smallest absolute Gasteiger partial charge is 0.253 e. The van der Waals surface area contributed by atoms with Crippen LogP contribution in [0.3, 0.4) is 0 Å². The van der Waals surface area contributed by atoms with Crippen LogP contribution in [0.5, 0.6) is 0 Å². The number of carbonyl (C=O) groups is 1. The summed E-state index contributed by atoms with van der Waals surface area (Å²) in [5.41, 5.74) is 1.55. The number of thiazole rings is 1. The van der Waals surface area contributed by atoms with Gasteiger partial charge in [-0.05, 0) is 18.6 Å². The zero-order valence-corrected chi connectivity index (χ0v) is 15.7. The summed E-state index contributed by atoms with van der Waals surface area (Å²) in [4.78, 5) is 22.9. The van der Waals surface area contributed by atoms with Gasteiger partial charge in [0.25, 0.3) is 5.91 Å². The lowest BCUT2D eigenvalue weighted by Gasteiger charge is -2.15. The van der Waals surface area contributed by atoms with Crippen LogP contribution < -0.4 is 10.2 Å². The Balaban J connectivity index is 1.56. The highest BCUT2D eigenvalue weighted by Gasteiger charge is 2.11. The van der Waals surface area contributed by atoms with Crippen molar-refractivity contribution in [1.82, 2.24) is 25.5 Å². The van der Waals surface area contributed by atoms with Crippen molar-refractivity contribution in [3.63, 3.8) is 0 Å². The van der Waals surface area contributed by atoms with Gasteiger partial charge < -0.3 is 14.6 Å². The molecular formula is C17H20N6O2S. The van der Waals surface area contributed by atoms with Crippen LogP contribution in [0.15, 0.2) is 28.1 Å². The van der Waals surface area contributed by atoms with Gasteiger partial charge in [0.1, 0.15) is 10.8 Å². The SMILES string of the molecule is CCc1csc(CNC(=O)c2ccc(N(C)Cc3nnc(C)o3)nc2)n1. The van der Waals surface area contributed by atoms with Crippen LogP contribution in [-0.2, 0) is 19.5 Å². The zero-order chi connectivity index (χ0) is 18.5. The maximum absolute atomic E-state index is 12.2. The van der Waals surface area contributed by atoms with Crippen molar-refractivity contribution in [2.24, 2.45) is 0 Å². The van der Waals surface area contributed by atoms with Gasteiger partial charge in [-0.1, -0.05) is 6.92 Å². The maximum atomic E-state index is 12.2. The average molecular weight is 372 g/mol. The Labute approximate surface area is 155 Å². The van der Waals surface area contributed by atoms with Crippen LogP contribution in [0.2, 0.25) is 0 Å². The van der Waals surface area contributed by atoms with Gasteiger partial charge in [-0.25, -0.2) is 9.97 Å². The molecule has 0 radical (unpaired) electrons. The maximum Gasteiger partial charge on any atom is 0.253 e. The first-order valence-electron chi connectivity index (χ1n) is 8.22. The second-order valence-corrected chi connectivity index (χ2v) is 6.69. The molecule has 9 heteroatoms. The van der Waals surface area contributed by atoms with Crippen LogP contribution in [0.1, 0.15) is 39.8 Å². The molecule has 8 nitrogen and oxygen atoms in total. The van der Waals surface area contributed by atoms with Crippen LogP contribution >= 0.6 is 11.3 Å². The zero-order valence-electron chi connectivity index (χ0n) is 14.9. The first-order chi connectivity index (χ1) is 12.5. The van der Waals surface area contributed by atoms with E-state index < -0.39 is 0 Å². The third-order valence-electron chi connectivity index (χ3n) is 3.70. The molecule has 0 aliphatic carbocycles. The second-order valence-electron chi connectivity index (χ2n) is 5.74. The second kappa shape index (κ2) is 8.05. The van der Waals surface area contributed by atoms with E-state index in [4.69, 9.17) is 4.42 Å². The summed E-state index contributed by atoms with van der Waals surface area (Å²) in [6, 6.07) is 3.53. The summed E-state index contributed by atoms with van der Waals surface area (Å²) in [5.74, 6) is 1.58. The van der Waals surface area contributed by atoms with Crippen molar-refractivity contribution in [1.29, 1.82) is 0 Å². The molecule has 3 aromatic rings. The van der Waals surface area contributed by atoms with E-state index in [0.717, 1.165) is 17.1 Å². The molecule has 136 valence electrons. The van der Waals surface area contributed by atoms with Crippen molar-refractivity contribution in [2.45, 2.75) is 33.4 Å². The molecule has 0 atom stereocenters. The Morgan fingerprint density at radius 3 is 2.81 bits per heavy atom. The van der Waals surface area contributed by atoms with E-state index in [1.54, 1.807) is 36.6 Å². The standard InChI is InChI=1S/C17H20N6O2S/c1-4-13-10-26-16(20-13)8-19-17(24)12-5-6-14(18-7-12)23(3)9-15-22-21-11(2)25-15/h5-7,10H,4,8-9H2,1-3H3,(H,19,24). The van der Waals surface area contributed by atoms with E-state index in [2.05, 4.69) is 32.4 Å². The Hall–Kier alpha value is -2.81. The lowest BCUT2D eigenvalue weighted by molar-refractivity contribution is 0.0950. The van der Waals surface area contributed by atoms with Crippen molar-refractivity contribution in [3.8, 4) is 0 Å². The fourth-order valence-electron chi connectivity index (χ4n) is 2.28. The number of nitrogens with zero attached hydrogens (tertiary/aromatic N) is 5. The van der Waals surface area contributed by atoms with Crippen LogP contribution in [0, 0.1) is 6.92 Å². The molecule has 1 N–H and O–H groups in total. The predicted octanol–water partition coefficient (Wildman–Crippen LogP) is 2.36. The lowest BCUT2D eigenvalue weighted by atomic mass is 10.2. The molecule has 0 aliphatic rings. The van der Waals surface area contributed by atoms with Gasteiger partial charge >= 0.3 is 0 Å². The lowest BCUT2D eigenvalue weighted by Crippen LogP contribution is -2.23. The van der Waals surface area contributed by atoms with Gasteiger partial charge in [0.15, 0.2) is 0 Å². The van der Waals surface area contributed by atoms with Gasteiger partial charge in [0.2, 0.25) is 11.8 Å². The van der Waals surface area contributed by atoms with Crippen LogP contribution in [0.25, 0.3) is 0 Å². The minimum Gasteiger partial charge on any atom is -0.424 e. The summed E-state index contributed by atoms with van der Waals surface area (Å²) in [6.07, 6.45) is 2.45. The summed E-state index contributed by atoms with van der Waals surface area (Å²) in [5, 5.41) is 13.5. The molecule has 0 bridgehead atoms. The largest absolute Gasteiger partial charge is 0.424 e. The fourth-order valence-corrected chi connectivity index (χ4v) is 3.10. The van der Waals surface area contributed by atoms with E-state index in [0.29, 0.717) is 36.3 Å². The molecular weight excluding hydrogens is 352 g/mol. The normalized spacial score (nSPS) is 10.7. The molecule has 3 aromatic heterocycles. The molecule has 0 aliphatic heterocycles.